The lowest BCUT2D eigenvalue weighted by atomic mass is 10.1. The van der Waals surface area contributed by atoms with E-state index >= 15 is 0 Å². The summed E-state index contributed by atoms with van der Waals surface area (Å²) in [5.74, 6) is -0.274. The number of nitrogens with zero attached hydrogens (tertiary/aromatic N) is 1. The molecule has 2 nitrogen and oxygen atoms in total. The topological polar surface area (TPSA) is 24.9 Å². The van der Waals surface area contributed by atoms with Crippen LogP contribution in [0.15, 0.2) is 18.5 Å². The summed E-state index contributed by atoms with van der Waals surface area (Å²) in [6.45, 7) is 6.34. The molecule has 0 fully saturated rings. The van der Waals surface area contributed by atoms with Gasteiger partial charge in [-0.05, 0) is 31.9 Å². The van der Waals surface area contributed by atoms with Gasteiger partial charge in [0.25, 0.3) is 0 Å². The molecule has 0 bridgehead atoms. The second kappa shape index (κ2) is 5.81. The van der Waals surface area contributed by atoms with E-state index in [0.29, 0.717) is 6.04 Å². The van der Waals surface area contributed by atoms with Crippen molar-refractivity contribution in [3.63, 3.8) is 0 Å². The van der Waals surface area contributed by atoms with Crippen LogP contribution in [0, 0.1) is 5.82 Å². The normalized spacial score (nSPS) is 14.9. The Kier molecular flexibility index (Phi) is 4.69. The minimum atomic E-state index is -0.274. The number of pyridine rings is 1. The second-order valence-corrected chi connectivity index (χ2v) is 4.01. The van der Waals surface area contributed by atoms with Gasteiger partial charge in [0.15, 0.2) is 0 Å². The van der Waals surface area contributed by atoms with Crippen molar-refractivity contribution < 1.29 is 4.39 Å². The molecular weight excluding hydrogens is 191 g/mol. The van der Waals surface area contributed by atoms with Gasteiger partial charge in [-0.3, -0.25) is 4.98 Å². The van der Waals surface area contributed by atoms with Gasteiger partial charge in [-0.1, -0.05) is 13.3 Å². The first kappa shape index (κ1) is 12.1. The molecule has 0 aliphatic carbocycles. The Morgan fingerprint density at radius 1 is 1.40 bits per heavy atom. The van der Waals surface area contributed by atoms with E-state index in [2.05, 4.69) is 24.1 Å². The minimum Gasteiger partial charge on any atom is -0.308 e. The Morgan fingerprint density at radius 2 is 2.13 bits per heavy atom. The summed E-state index contributed by atoms with van der Waals surface area (Å²) in [5.41, 5.74) is 0.901. The lowest BCUT2D eigenvalue weighted by molar-refractivity contribution is 0.450. The van der Waals surface area contributed by atoms with E-state index in [9.17, 15) is 4.39 Å². The summed E-state index contributed by atoms with van der Waals surface area (Å²) in [7, 11) is 0. The van der Waals surface area contributed by atoms with Gasteiger partial charge in [0.1, 0.15) is 5.82 Å². The number of hydrogen-bond acceptors (Lipinski definition) is 2. The van der Waals surface area contributed by atoms with Crippen LogP contribution in [-0.2, 0) is 0 Å². The van der Waals surface area contributed by atoms with Gasteiger partial charge >= 0.3 is 0 Å². The van der Waals surface area contributed by atoms with E-state index in [-0.39, 0.29) is 11.9 Å². The average molecular weight is 210 g/mol. The zero-order chi connectivity index (χ0) is 11.3. The lowest BCUT2D eigenvalue weighted by Gasteiger charge is -2.19. The maximum atomic E-state index is 12.9. The summed E-state index contributed by atoms with van der Waals surface area (Å²) in [6.07, 6.45) is 5.22. The fourth-order valence-corrected chi connectivity index (χ4v) is 1.70. The highest BCUT2D eigenvalue weighted by Crippen LogP contribution is 2.13. The molecule has 2 atom stereocenters. The molecule has 3 heteroatoms. The molecule has 0 saturated carbocycles. The van der Waals surface area contributed by atoms with E-state index in [1.165, 1.54) is 12.3 Å². The van der Waals surface area contributed by atoms with E-state index in [1.54, 1.807) is 6.20 Å². The Balaban J connectivity index is 2.56. The van der Waals surface area contributed by atoms with Gasteiger partial charge < -0.3 is 5.32 Å². The van der Waals surface area contributed by atoms with Crippen LogP contribution in [-0.4, -0.2) is 11.0 Å². The molecule has 0 saturated heterocycles. The van der Waals surface area contributed by atoms with E-state index in [4.69, 9.17) is 0 Å². The van der Waals surface area contributed by atoms with E-state index in [1.807, 2.05) is 6.92 Å². The first-order chi connectivity index (χ1) is 7.13. The van der Waals surface area contributed by atoms with E-state index < -0.39 is 0 Å². The van der Waals surface area contributed by atoms with Crippen molar-refractivity contribution in [3.8, 4) is 0 Å². The fraction of sp³-hybridized carbons (Fsp3) is 0.583. The molecule has 0 aromatic carbocycles. The van der Waals surface area contributed by atoms with Gasteiger partial charge in [-0.15, -0.1) is 0 Å². The molecule has 1 rings (SSSR count). The molecule has 0 radical (unpaired) electrons. The predicted octanol–water partition coefficient (Wildman–Crippen LogP) is 3.06. The average Bonchev–Trinajstić information content (AvgIpc) is 2.18. The van der Waals surface area contributed by atoms with Crippen molar-refractivity contribution in [2.45, 2.75) is 45.7 Å². The number of aromatic nitrogens is 1. The molecule has 0 aliphatic rings. The number of hydrogen-bond donors (Lipinski definition) is 1. The third-order valence-electron chi connectivity index (χ3n) is 2.48. The zero-order valence-corrected chi connectivity index (χ0v) is 9.63. The van der Waals surface area contributed by atoms with Crippen LogP contribution in [0.3, 0.4) is 0 Å². The first-order valence-electron chi connectivity index (χ1n) is 5.50. The quantitative estimate of drug-likeness (QED) is 0.808. The summed E-state index contributed by atoms with van der Waals surface area (Å²) < 4.78 is 12.9. The SMILES string of the molecule is CCCC(C)NC(C)c1cncc(F)c1. The van der Waals surface area contributed by atoms with Gasteiger partial charge in [0.05, 0.1) is 6.20 Å². The molecule has 15 heavy (non-hydrogen) atoms. The molecule has 1 aromatic heterocycles. The van der Waals surface area contributed by atoms with Crippen LogP contribution in [0.4, 0.5) is 4.39 Å². The number of rotatable bonds is 5. The zero-order valence-electron chi connectivity index (χ0n) is 9.63. The molecular formula is C12H19FN2. The summed E-state index contributed by atoms with van der Waals surface area (Å²) >= 11 is 0. The number of nitrogens with one attached hydrogen (secondary N) is 1. The van der Waals surface area contributed by atoms with E-state index in [0.717, 1.165) is 18.4 Å². The van der Waals surface area contributed by atoms with Crippen LogP contribution in [0.2, 0.25) is 0 Å². The van der Waals surface area contributed by atoms with Crippen molar-refractivity contribution in [2.75, 3.05) is 0 Å². The van der Waals surface area contributed by atoms with Crippen molar-refractivity contribution >= 4 is 0 Å². The Morgan fingerprint density at radius 3 is 2.73 bits per heavy atom. The first-order valence-corrected chi connectivity index (χ1v) is 5.50. The molecule has 2 unspecified atom stereocenters. The van der Waals surface area contributed by atoms with Gasteiger partial charge in [-0.25, -0.2) is 4.39 Å². The lowest BCUT2D eigenvalue weighted by Crippen LogP contribution is -2.28. The van der Waals surface area contributed by atoms with Gasteiger partial charge in [0, 0.05) is 18.3 Å². The fourth-order valence-electron chi connectivity index (χ4n) is 1.70. The summed E-state index contributed by atoms with van der Waals surface area (Å²) in [4.78, 5) is 3.84. The van der Waals surface area contributed by atoms with Crippen molar-refractivity contribution in [1.82, 2.24) is 10.3 Å². The third kappa shape index (κ3) is 3.96. The van der Waals surface area contributed by atoms with Gasteiger partial charge in [0.2, 0.25) is 0 Å². The molecule has 1 aromatic rings. The number of halogens is 1. The largest absolute Gasteiger partial charge is 0.308 e. The third-order valence-corrected chi connectivity index (χ3v) is 2.48. The molecule has 1 heterocycles. The highest BCUT2D eigenvalue weighted by molar-refractivity contribution is 5.14. The highest BCUT2D eigenvalue weighted by Gasteiger charge is 2.09. The predicted molar refractivity (Wildman–Crippen MR) is 60.1 cm³/mol. The van der Waals surface area contributed by atoms with Crippen molar-refractivity contribution in [2.24, 2.45) is 0 Å². The molecule has 84 valence electrons. The summed E-state index contributed by atoms with van der Waals surface area (Å²) in [5, 5.41) is 3.42. The molecule has 0 spiro atoms. The van der Waals surface area contributed by atoms with Crippen LogP contribution in [0.1, 0.15) is 45.2 Å². The highest BCUT2D eigenvalue weighted by atomic mass is 19.1. The van der Waals surface area contributed by atoms with Crippen LogP contribution in [0.25, 0.3) is 0 Å². The maximum absolute atomic E-state index is 12.9. The Labute approximate surface area is 90.9 Å². The van der Waals surface area contributed by atoms with Crippen molar-refractivity contribution in [1.29, 1.82) is 0 Å². The Bertz CT molecular complexity index is 301. The molecule has 0 amide bonds. The molecule has 1 N–H and O–H groups in total. The van der Waals surface area contributed by atoms with Crippen LogP contribution < -0.4 is 5.32 Å². The second-order valence-electron chi connectivity index (χ2n) is 4.01. The monoisotopic (exact) mass is 210 g/mol. The van der Waals surface area contributed by atoms with Crippen molar-refractivity contribution in [3.05, 3.63) is 29.8 Å². The molecule has 0 aliphatic heterocycles. The standard InChI is InChI=1S/C12H19FN2/c1-4-5-9(2)15-10(3)11-6-12(13)8-14-7-11/h6-10,15H,4-5H2,1-3H3. The van der Waals surface area contributed by atoms with Gasteiger partial charge in [-0.2, -0.15) is 0 Å². The van der Waals surface area contributed by atoms with Crippen LogP contribution in [0.5, 0.6) is 0 Å². The maximum Gasteiger partial charge on any atom is 0.141 e. The summed E-state index contributed by atoms with van der Waals surface area (Å²) in [6, 6.07) is 2.13. The smallest absolute Gasteiger partial charge is 0.141 e. The Hall–Kier alpha value is -0.960. The minimum absolute atomic E-state index is 0.148. The van der Waals surface area contributed by atoms with Crippen LogP contribution >= 0.6 is 0 Å².